The SMILES string of the molecule is COc1ccc(/C=C/c2nc3ccccc3n2CC(=O)N(CC(C)C)CC(C)C)cc1. The molecule has 0 atom stereocenters. The van der Waals surface area contributed by atoms with Crippen LogP contribution in [0.4, 0.5) is 0 Å². The zero-order valence-electron chi connectivity index (χ0n) is 19.2. The summed E-state index contributed by atoms with van der Waals surface area (Å²) in [6, 6.07) is 15.8. The Balaban J connectivity index is 1.91. The fourth-order valence-corrected chi connectivity index (χ4v) is 3.67. The zero-order valence-corrected chi connectivity index (χ0v) is 19.2. The van der Waals surface area contributed by atoms with E-state index in [1.165, 1.54) is 0 Å². The lowest BCUT2D eigenvalue weighted by atomic mass is 10.1. The summed E-state index contributed by atoms with van der Waals surface area (Å²) in [5.74, 6) is 2.59. The predicted octanol–water partition coefficient (Wildman–Crippen LogP) is 5.36. The highest BCUT2D eigenvalue weighted by Crippen LogP contribution is 2.20. The van der Waals surface area contributed by atoms with Crippen molar-refractivity contribution in [3.63, 3.8) is 0 Å². The summed E-state index contributed by atoms with van der Waals surface area (Å²) in [5.41, 5.74) is 2.91. The van der Waals surface area contributed by atoms with Crippen LogP contribution in [0.1, 0.15) is 39.1 Å². The second kappa shape index (κ2) is 10.3. The van der Waals surface area contributed by atoms with Gasteiger partial charge in [0, 0.05) is 13.1 Å². The molecule has 0 aliphatic heterocycles. The van der Waals surface area contributed by atoms with Crippen molar-refractivity contribution >= 4 is 29.1 Å². The largest absolute Gasteiger partial charge is 0.497 e. The van der Waals surface area contributed by atoms with Gasteiger partial charge in [0.05, 0.1) is 18.1 Å². The molecule has 1 amide bonds. The molecule has 3 aromatic rings. The van der Waals surface area contributed by atoms with Crippen LogP contribution in [0.2, 0.25) is 0 Å². The Morgan fingerprint density at radius 2 is 1.65 bits per heavy atom. The summed E-state index contributed by atoms with van der Waals surface area (Å²) < 4.78 is 7.25. The smallest absolute Gasteiger partial charge is 0.242 e. The number of nitrogens with zero attached hydrogens (tertiary/aromatic N) is 3. The molecule has 0 spiro atoms. The molecule has 5 nitrogen and oxygen atoms in total. The summed E-state index contributed by atoms with van der Waals surface area (Å²) in [7, 11) is 1.66. The van der Waals surface area contributed by atoms with Crippen LogP contribution in [0, 0.1) is 11.8 Å². The Morgan fingerprint density at radius 3 is 2.26 bits per heavy atom. The van der Waals surface area contributed by atoms with Gasteiger partial charge in [0.15, 0.2) is 0 Å². The van der Waals surface area contributed by atoms with Crippen molar-refractivity contribution in [2.45, 2.75) is 34.2 Å². The minimum absolute atomic E-state index is 0.129. The van der Waals surface area contributed by atoms with Crippen molar-refractivity contribution < 1.29 is 9.53 Å². The fourth-order valence-electron chi connectivity index (χ4n) is 3.67. The maximum Gasteiger partial charge on any atom is 0.242 e. The molecule has 0 N–H and O–H groups in total. The minimum Gasteiger partial charge on any atom is -0.497 e. The number of fused-ring (bicyclic) bond motifs is 1. The summed E-state index contributed by atoms with van der Waals surface area (Å²) >= 11 is 0. The minimum atomic E-state index is 0.129. The molecule has 5 heteroatoms. The van der Waals surface area contributed by atoms with E-state index in [0.717, 1.165) is 41.3 Å². The molecule has 0 saturated carbocycles. The number of carbonyl (C=O) groups is 1. The van der Waals surface area contributed by atoms with Crippen LogP contribution in [-0.4, -0.2) is 40.6 Å². The highest BCUT2D eigenvalue weighted by molar-refractivity contribution is 5.83. The molecule has 2 aromatic carbocycles. The topological polar surface area (TPSA) is 47.4 Å². The zero-order chi connectivity index (χ0) is 22.4. The van der Waals surface area contributed by atoms with Gasteiger partial charge in [0.2, 0.25) is 5.91 Å². The Morgan fingerprint density at radius 1 is 1.00 bits per heavy atom. The average Bonchev–Trinajstić information content (AvgIpc) is 3.09. The van der Waals surface area contributed by atoms with Crippen molar-refractivity contribution in [1.82, 2.24) is 14.5 Å². The van der Waals surface area contributed by atoms with E-state index >= 15 is 0 Å². The number of hydrogen-bond acceptors (Lipinski definition) is 3. The number of methoxy groups -OCH3 is 1. The van der Waals surface area contributed by atoms with Gasteiger partial charge in [-0.3, -0.25) is 4.79 Å². The van der Waals surface area contributed by atoms with Gasteiger partial charge in [0.25, 0.3) is 0 Å². The first-order valence-corrected chi connectivity index (χ1v) is 10.9. The highest BCUT2D eigenvalue weighted by Gasteiger charge is 2.19. The van der Waals surface area contributed by atoms with Crippen LogP contribution < -0.4 is 4.74 Å². The summed E-state index contributed by atoms with van der Waals surface area (Å²) in [6.45, 7) is 10.4. The lowest BCUT2D eigenvalue weighted by molar-refractivity contribution is -0.132. The number of carbonyl (C=O) groups excluding carboxylic acids is 1. The Bertz CT molecular complexity index is 1020. The molecule has 0 radical (unpaired) electrons. The number of hydrogen-bond donors (Lipinski definition) is 0. The number of para-hydroxylation sites is 2. The van der Waals surface area contributed by atoms with Gasteiger partial charge >= 0.3 is 0 Å². The van der Waals surface area contributed by atoms with Crippen molar-refractivity contribution in [3.05, 3.63) is 59.9 Å². The monoisotopic (exact) mass is 419 g/mol. The summed E-state index contributed by atoms with van der Waals surface area (Å²) in [4.78, 5) is 20.0. The molecular formula is C26H33N3O2. The molecular weight excluding hydrogens is 386 g/mol. The number of rotatable bonds is 9. The van der Waals surface area contributed by atoms with E-state index in [0.29, 0.717) is 11.8 Å². The van der Waals surface area contributed by atoms with E-state index in [1.807, 2.05) is 70.1 Å². The quantitative estimate of drug-likeness (QED) is 0.469. The average molecular weight is 420 g/mol. The molecule has 3 rings (SSSR count). The summed E-state index contributed by atoms with van der Waals surface area (Å²) in [6.07, 6.45) is 3.99. The van der Waals surface area contributed by atoms with Crippen molar-refractivity contribution in [1.29, 1.82) is 0 Å². The van der Waals surface area contributed by atoms with Gasteiger partial charge in [0.1, 0.15) is 18.1 Å². The number of amides is 1. The maximum atomic E-state index is 13.3. The van der Waals surface area contributed by atoms with Crippen LogP contribution in [-0.2, 0) is 11.3 Å². The van der Waals surface area contributed by atoms with E-state index in [4.69, 9.17) is 9.72 Å². The third-order valence-corrected chi connectivity index (χ3v) is 5.04. The van der Waals surface area contributed by atoms with E-state index < -0.39 is 0 Å². The van der Waals surface area contributed by atoms with Crippen molar-refractivity contribution in [2.24, 2.45) is 11.8 Å². The van der Waals surface area contributed by atoms with Crippen LogP contribution in [0.25, 0.3) is 23.2 Å². The van der Waals surface area contributed by atoms with Crippen LogP contribution in [0.3, 0.4) is 0 Å². The van der Waals surface area contributed by atoms with Gasteiger partial charge in [-0.2, -0.15) is 0 Å². The van der Waals surface area contributed by atoms with Crippen LogP contribution >= 0.6 is 0 Å². The van der Waals surface area contributed by atoms with Crippen LogP contribution in [0.5, 0.6) is 5.75 Å². The molecule has 1 heterocycles. The molecule has 164 valence electrons. The fraction of sp³-hybridized carbons (Fsp3) is 0.385. The van der Waals surface area contributed by atoms with E-state index in [-0.39, 0.29) is 12.5 Å². The molecule has 0 saturated heterocycles. The van der Waals surface area contributed by atoms with E-state index in [2.05, 4.69) is 27.7 Å². The molecule has 0 aliphatic rings. The highest BCUT2D eigenvalue weighted by atomic mass is 16.5. The van der Waals surface area contributed by atoms with Crippen molar-refractivity contribution in [2.75, 3.05) is 20.2 Å². The molecule has 0 unspecified atom stereocenters. The molecule has 0 aliphatic carbocycles. The molecule has 0 bridgehead atoms. The first-order chi connectivity index (χ1) is 14.9. The number of ether oxygens (including phenoxy) is 1. The molecule has 0 fully saturated rings. The number of benzene rings is 2. The lowest BCUT2D eigenvalue weighted by Gasteiger charge is -2.27. The maximum absolute atomic E-state index is 13.3. The van der Waals surface area contributed by atoms with Crippen LogP contribution in [0.15, 0.2) is 48.5 Å². The standard InChI is InChI=1S/C26H33N3O2/c1-19(2)16-28(17-20(3)4)26(30)18-29-24-9-7-6-8-23(24)27-25(29)15-12-21-10-13-22(31-5)14-11-21/h6-15,19-20H,16-18H2,1-5H3/b15-12+. The second-order valence-corrected chi connectivity index (χ2v) is 8.74. The van der Waals surface area contributed by atoms with E-state index in [1.54, 1.807) is 7.11 Å². The molecule has 31 heavy (non-hydrogen) atoms. The molecule has 1 aromatic heterocycles. The van der Waals surface area contributed by atoms with Gasteiger partial charge in [-0.05, 0) is 47.7 Å². The summed E-state index contributed by atoms with van der Waals surface area (Å²) in [5, 5.41) is 0. The Labute approximate surface area is 185 Å². The second-order valence-electron chi connectivity index (χ2n) is 8.74. The number of imidazole rings is 1. The third-order valence-electron chi connectivity index (χ3n) is 5.04. The van der Waals surface area contributed by atoms with Gasteiger partial charge in [-0.1, -0.05) is 58.0 Å². The number of aromatic nitrogens is 2. The lowest BCUT2D eigenvalue weighted by Crippen LogP contribution is -2.39. The van der Waals surface area contributed by atoms with Gasteiger partial charge in [-0.25, -0.2) is 4.98 Å². The Hall–Kier alpha value is -3.08. The van der Waals surface area contributed by atoms with Gasteiger partial charge in [-0.15, -0.1) is 0 Å². The first-order valence-electron chi connectivity index (χ1n) is 10.9. The van der Waals surface area contributed by atoms with Crippen molar-refractivity contribution in [3.8, 4) is 5.75 Å². The van der Waals surface area contributed by atoms with Gasteiger partial charge < -0.3 is 14.2 Å². The predicted molar refractivity (Wildman–Crippen MR) is 128 cm³/mol. The first kappa shape index (κ1) is 22.6. The normalized spacial score (nSPS) is 11.7. The third kappa shape index (κ3) is 5.97. The Kier molecular flexibility index (Phi) is 7.50. The van der Waals surface area contributed by atoms with E-state index in [9.17, 15) is 4.79 Å².